The average molecular weight is 423 g/mol. The van der Waals surface area contributed by atoms with E-state index in [2.05, 4.69) is 52.1 Å². The third-order valence-electron chi connectivity index (χ3n) is 6.08. The van der Waals surface area contributed by atoms with Gasteiger partial charge in [0.1, 0.15) is 5.82 Å². The van der Waals surface area contributed by atoms with E-state index in [-0.39, 0.29) is 18.1 Å². The summed E-state index contributed by atoms with van der Waals surface area (Å²) in [6.07, 6.45) is 6.06. The van der Waals surface area contributed by atoms with Crippen molar-refractivity contribution >= 4 is 11.7 Å². The first-order chi connectivity index (χ1) is 15.1. The zero-order valence-corrected chi connectivity index (χ0v) is 18.7. The molecule has 2 aromatic rings. The summed E-state index contributed by atoms with van der Waals surface area (Å²) >= 11 is 0. The highest BCUT2D eigenvalue weighted by Crippen LogP contribution is 2.21. The fourth-order valence-electron chi connectivity index (χ4n) is 4.67. The second-order valence-corrected chi connectivity index (χ2v) is 8.86. The van der Waals surface area contributed by atoms with E-state index < -0.39 is 0 Å². The van der Waals surface area contributed by atoms with E-state index in [0.717, 1.165) is 44.1 Å². The maximum atomic E-state index is 12.7. The molecular weight excluding hydrogens is 388 g/mol. The molecule has 1 aromatic heterocycles. The van der Waals surface area contributed by atoms with E-state index in [0.29, 0.717) is 12.1 Å². The van der Waals surface area contributed by atoms with Crippen LogP contribution >= 0.6 is 0 Å². The number of carbonyl (C=O) groups excluding carboxylic acids is 1. The molecule has 0 saturated carbocycles. The van der Waals surface area contributed by atoms with Crippen LogP contribution in [0.4, 0.5) is 5.82 Å². The monoisotopic (exact) mass is 422 g/mol. The van der Waals surface area contributed by atoms with Crippen LogP contribution in [0.25, 0.3) is 0 Å². The van der Waals surface area contributed by atoms with Gasteiger partial charge in [0.05, 0.1) is 12.2 Å². The zero-order valence-electron chi connectivity index (χ0n) is 18.7. The highest BCUT2D eigenvalue weighted by molar-refractivity contribution is 5.94. The van der Waals surface area contributed by atoms with E-state index in [1.54, 1.807) is 0 Å². The molecule has 0 spiro atoms. The number of amides is 1. The summed E-state index contributed by atoms with van der Waals surface area (Å²) in [5.74, 6) is 0.959. The topological polar surface area (TPSA) is 57.7 Å². The lowest BCUT2D eigenvalue weighted by molar-refractivity contribution is -0.0704. The van der Waals surface area contributed by atoms with Crippen molar-refractivity contribution in [3.8, 4) is 0 Å². The Balaban J connectivity index is 1.33. The molecule has 2 atom stereocenters. The molecular formula is C25H34N4O2. The summed E-state index contributed by atoms with van der Waals surface area (Å²) in [5, 5.41) is 3.07. The molecule has 166 valence electrons. The minimum atomic E-state index is -0.0476. The molecule has 0 bridgehead atoms. The van der Waals surface area contributed by atoms with E-state index in [4.69, 9.17) is 4.74 Å². The van der Waals surface area contributed by atoms with Gasteiger partial charge in [0.25, 0.3) is 5.91 Å². The van der Waals surface area contributed by atoms with Crippen molar-refractivity contribution in [3.63, 3.8) is 0 Å². The lowest BCUT2D eigenvalue weighted by Gasteiger charge is -2.35. The van der Waals surface area contributed by atoms with E-state index in [1.165, 1.54) is 24.8 Å². The number of rotatable bonds is 6. The van der Waals surface area contributed by atoms with Crippen molar-refractivity contribution in [2.24, 2.45) is 0 Å². The fraction of sp³-hybridized carbons (Fsp3) is 0.520. The Labute approximate surface area is 185 Å². The first kappa shape index (κ1) is 21.8. The van der Waals surface area contributed by atoms with Crippen LogP contribution in [0.2, 0.25) is 0 Å². The second kappa shape index (κ2) is 10.2. The van der Waals surface area contributed by atoms with Gasteiger partial charge in [0.2, 0.25) is 0 Å². The van der Waals surface area contributed by atoms with Gasteiger partial charge in [-0.1, -0.05) is 18.2 Å². The largest absolute Gasteiger partial charge is 0.373 e. The minimum Gasteiger partial charge on any atom is -0.373 e. The zero-order chi connectivity index (χ0) is 21.6. The smallest absolute Gasteiger partial charge is 0.251 e. The molecule has 6 nitrogen and oxygen atoms in total. The maximum absolute atomic E-state index is 12.7. The van der Waals surface area contributed by atoms with Crippen molar-refractivity contribution in [1.82, 2.24) is 15.2 Å². The van der Waals surface area contributed by atoms with Crippen molar-refractivity contribution < 1.29 is 9.53 Å². The van der Waals surface area contributed by atoms with E-state index in [9.17, 15) is 4.79 Å². The summed E-state index contributed by atoms with van der Waals surface area (Å²) in [5.41, 5.74) is 2.98. The van der Waals surface area contributed by atoms with Gasteiger partial charge in [-0.15, -0.1) is 0 Å². The normalized spacial score (nSPS) is 22.3. The number of aromatic nitrogens is 1. The average Bonchev–Trinajstić information content (AvgIpc) is 2.78. The predicted molar refractivity (Wildman–Crippen MR) is 123 cm³/mol. The molecule has 1 amide bonds. The van der Waals surface area contributed by atoms with Gasteiger partial charge < -0.3 is 15.0 Å². The molecule has 3 heterocycles. The summed E-state index contributed by atoms with van der Waals surface area (Å²) in [6, 6.07) is 12.0. The molecule has 0 aliphatic carbocycles. The van der Waals surface area contributed by atoms with Gasteiger partial charge in [0.15, 0.2) is 0 Å². The number of carbonyl (C=O) groups is 1. The number of hydrogen-bond donors (Lipinski definition) is 1. The SMILES string of the molecule is CC1CN(Cc2ccc(C(=O)NCc3cccnc3N3CCCCC3)cc2)CC(C)O1. The van der Waals surface area contributed by atoms with Crippen molar-refractivity contribution in [1.29, 1.82) is 0 Å². The highest BCUT2D eigenvalue weighted by atomic mass is 16.5. The van der Waals surface area contributed by atoms with Gasteiger partial charge in [-0.3, -0.25) is 9.69 Å². The Morgan fingerprint density at radius 2 is 1.77 bits per heavy atom. The Bertz CT molecular complexity index is 854. The second-order valence-electron chi connectivity index (χ2n) is 8.86. The van der Waals surface area contributed by atoms with Crippen LogP contribution in [0.5, 0.6) is 0 Å². The molecule has 31 heavy (non-hydrogen) atoms. The van der Waals surface area contributed by atoms with Gasteiger partial charge in [-0.25, -0.2) is 4.98 Å². The summed E-state index contributed by atoms with van der Waals surface area (Å²) in [6.45, 7) is 9.58. The number of pyridine rings is 1. The molecule has 2 aliphatic rings. The number of ether oxygens (including phenoxy) is 1. The third-order valence-corrected chi connectivity index (χ3v) is 6.08. The lowest BCUT2D eigenvalue weighted by atomic mass is 10.1. The summed E-state index contributed by atoms with van der Waals surface area (Å²) in [7, 11) is 0. The Morgan fingerprint density at radius 3 is 2.48 bits per heavy atom. The first-order valence-electron chi connectivity index (χ1n) is 11.5. The van der Waals surface area contributed by atoms with Crippen LogP contribution in [0.15, 0.2) is 42.6 Å². The molecule has 0 radical (unpaired) electrons. The summed E-state index contributed by atoms with van der Waals surface area (Å²) in [4.78, 5) is 22.1. The Kier molecular flexibility index (Phi) is 7.20. The third kappa shape index (κ3) is 5.83. The standard InChI is InChI=1S/C25H34N4O2/c1-19-16-28(17-20(2)31-19)18-21-8-10-22(11-9-21)25(30)27-15-23-7-6-12-26-24(23)29-13-4-3-5-14-29/h6-12,19-20H,3-5,13-18H2,1-2H3,(H,27,30). The Morgan fingerprint density at radius 1 is 1.06 bits per heavy atom. The molecule has 6 heteroatoms. The van der Waals surface area contributed by atoms with Crippen LogP contribution in [-0.2, 0) is 17.8 Å². The van der Waals surface area contributed by atoms with E-state index in [1.807, 2.05) is 24.4 Å². The maximum Gasteiger partial charge on any atom is 0.251 e. The van der Waals surface area contributed by atoms with Gasteiger partial charge >= 0.3 is 0 Å². The number of piperidine rings is 1. The lowest BCUT2D eigenvalue weighted by Crippen LogP contribution is -2.44. The Hall–Kier alpha value is -2.44. The van der Waals surface area contributed by atoms with Crippen LogP contribution < -0.4 is 10.2 Å². The molecule has 2 saturated heterocycles. The number of benzene rings is 1. The molecule has 2 unspecified atom stereocenters. The van der Waals surface area contributed by atoms with Crippen LogP contribution in [0.1, 0.15) is 54.6 Å². The van der Waals surface area contributed by atoms with Crippen LogP contribution in [0, 0.1) is 0 Å². The number of nitrogens with one attached hydrogen (secondary N) is 1. The molecule has 4 rings (SSSR count). The predicted octanol–water partition coefficient (Wildman–Crippen LogP) is 3.61. The van der Waals surface area contributed by atoms with Crippen molar-refractivity contribution in [3.05, 3.63) is 59.3 Å². The number of anilines is 1. The fourth-order valence-corrected chi connectivity index (χ4v) is 4.67. The minimum absolute atomic E-state index is 0.0476. The first-order valence-corrected chi connectivity index (χ1v) is 11.5. The number of morpholine rings is 1. The quantitative estimate of drug-likeness (QED) is 0.771. The van der Waals surface area contributed by atoms with Crippen LogP contribution in [-0.4, -0.2) is 54.2 Å². The number of nitrogens with zero attached hydrogens (tertiary/aromatic N) is 3. The highest BCUT2D eigenvalue weighted by Gasteiger charge is 2.22. The van der Waals surface area contributed by atoms with Gasteiger partial charge in [-0.05, 0) is 56.9 Å². The van der Waals surface area contributed by atoms with Crippen molar-refractivity contribution in [2.75, 3.05) is 31.1 Å². The van der Waals surface area contributed by atoms with Gasteiger partial charge in [0, 0.05) is 56.6 Å². The number of hydrogen-bond acceptors (Lipinski definition) is 5. The molecule has 2 aliphatic heterocycles. The molecule has 1 N–H and O–H groups in total. The van der Waals surface area contributed by atoms with E-state index >= 15 is 0 Å². The van der Waals surface area contributed by atoms with Gasteiger partial charge in [-0.2, -0.15) is 0 Å². The molecule has 1 aromatic carbocycles. The van der Waals surface area contributed by atoms with Crippen LogP contribution in [0.3, 0.4) is 0 Å². The van der Waals surface area contributed by atoms with Crippen molar-refractivity contribution in [2.45, 2.75) is 58.4 Å². The molecule has 2 fully saturated rings. The summed E-state index contributed by atoms with van der Waals surface area (Å²) < 4.78 is 5.81.